The van der Waals surface area contributed by atoms with Crippen molar-refractivity contribution >= 4 is 28.0 Å². The molecule has 0 saturated heterocycles. The van der Waals surface area contributed by atoms with Crippen LogP contribution in [0.1, 0.15) is 18.5 Å². The van der Waals surface area contributed by atoms with E-state index in [9.17, 15) is 4.79 Å². The van der Waals surface area contributed by atoms with Gasteiger partial charge in [-0.3, -0.25) is 9.97 Å². The van der Waals surface area contributed by atoms with Crippen molar-refractivity contribution in [2.75, 3.05) is 5.32 Å². The molecule has 2 heterocycles. The predicted molar refractivity (Wildman–Crippen MR) is 88.4 cm³/mol. The second-order valence-corrected chi connectivity index (χ2v) is 5.38. The third kappa shape index (κ3) is 2.55. The fourth-order valence-corrected chi connectivity index (χ4v) is 2.56. The van der Waals surface area contributed by atoms with Crippen molar-refractivity contribution in [1.82, 2.24) is 15.0 Å². The van der Waals surface area contributed by atoms with Crippen molar-refractivity contribution in [3.05, 3.63) is 64.8 Å². The lowest BCUT2D eigenvalue weighted by molar-refractivity contribution is 0.555. The van der Waals surface area contributed by atoms with Crippen LogP contribution in [-0.4, -0.2) is 15.0 Å². The molecule has 0 saturated carbocycles. The van der Waals surface area contributed by atoms with Crippen molar-refractivity contribution in [3.63, 3.8) is 0 Å². The van der Waals surface area contributed by atoms with Crippen LogP contribution in [0.15, 0.2) is 57.9 Å². The first kappa shape index (κ1) is 13.5. The Morgan fingerprint density at radius 1 is 1.17 bits per heavy atom. The zero-order valence-corrected chi connectivity index (χ0v) is 12.4. The zero-order valence-electron chi connectivity index (χ0n) is 12.4. The molecule has 0 spiro atoms. The maximum absolute atomic E-state index is 11.2. The molecule has 4 aromatic rings. The summed E-state index contributed by atoms with van der Waals surface area (Å²) < 4.78 is 5.10. The Morgan fingerprint density at radius 3 is 2.87 bits per heavy atom. The molecular weight excluding hydrogens is 292 g/mol. The van der Waals surface area contributed by atoms with Gasteiger partial charge in [0, 0.05) is 0 Å². The summed E-state index contributed by atoms with van der Waals surface area (Å²) in [5, 5.41) is 3.32. The number of H-pyrrole nitrogens is 1. The number of anilines is 1. The number of hydrogen-bond donors (Lipinski definition) is 2. The third-order valence-electron chi connectivity index (χ3n) is 3.76. The number of oxazole rings is 1. The van der Waals surface area contributed by atoms with Gasteiger partial charge in [0.25, 0.3) is 0 Å². The zero-order chi connectivity index (χ0) is 15.8. The highest BCUT2D eigenvalue weighted by Gasteiger charge is 2.10. The Labute approximate surface area is 131 Å². The standard InChI is InChI=1S/C17H14N4O2/c1-10(11-6-7-14-15(8-11)23-17(22)21-14)19-16-9-18-12-4-2-3-5-13(12)20-16/h2-10H,1H3,(H,19,20)(H,21,22). The normalized spacial score (nSPS) is 12.6. The molecule has 0 amide bonds. The molecule has 1 unspecified atom stereocenters. The van der Waals surface area contributed by atoms with Gasteiger partial charge in [-0.05, 0) is 36.8 Å². The lowest BCUT2D eigenvalue weighted by Gasteiger charge is -2.14. The topological polar surface area (TPSA) is 83.8 Å². The smallest absolute Gasteiger partial charge is 0.408 e. The van der Waals surface area contributed by atoms with E-state index in [-0.39, 0.29) is 6.04 Å². The molecule has 4 rings (SSSR count). The summed E-state index contributed by atoms with van der Waals surface area (Å²) in [6, 6.07) is 13.4. The number of fused-ring (bicyclic) bond motifs is 2. The summed E-state index contributed by atoms with van der Waals surface area (Å²) in [4.78, 5) is 22.8. The van der Waals surface area contributed by atoms with Gasteiger partial charge < -0.3 is 9.73 Å². The van der Waals surface area contributed by atoms with Gasteiger partial charge in [-0.1, -0.05) is 18.2 Å². The third-order valence-corrected chi connectivity index (χ3v) is 3.76. The van der Waals surface area contributed by atoms with Crippen LogP contribution in [0.3, 0.4) is 0 Å². The molecule has 2 N–H and O–H groups in total. The average Bonchev–Trinajstić information content (AvgIpc) is 2.93. The van der Waals surface area contributed by atoms with Gasteiger partial charge in [0.2, 0.25) is 0 Å². The SMILES string of the molecule is CC(Nc1cnc2ccccc2n1)c1ccc2[nH]c(=O)oc2c1. The van der Waals surface area contributed by atoms with Crippen molar-refractivity contribution < 1.29 is 4.42 Å². The second kappa shape index (κ2) is 5.24. The number of nitrogens with zero attached hydrogens (tertiary/aromatic N) is 2. The average molecular weight is 306 g/mol. The minimum absolute atomic E-state index is 0.00457. The predicted octanol–water partition coefficient (Wildman–Crippen LogP) is 3.24. The van der Waals surface area contributed by atoms with Crippen molar-refractivity contribution in [2.45, 2.75) is 13.0 Å². The number of aromatic nitrogens is 3. The van der Waals surface area contributed by atoms with Gasteiger partial charge in [-0.25, -0.2) is 9.78 Å². The summed E-state index contributed by atoms with van der Waals surface area (Å²) in [6.45, 7) is 2.02. The molecule has 2 aromatic heterocycles. The molecular formula is C17H14N4O2. The van der Waals surface area contributed by atoms with Crippen LogP contribution < -0.4 is 11.1 Å². The Bertz CT molecular complexity index is 1050. The summed E-state index contributed by atoms with van der Waals surface area (Å²) in [7, 11) is 0. The summed E-state index contributed by atoms with van der Waals surface area (Å²) in [5.74, 6) is 0.255. The minimum Gasteiger partial charge on any atom is -0.408 e. The molecule has 0 aliphatic heterocycles. The molecule has 23 heavy (non-hydrogen) atoms. The first-order valence-corrected chi connectivity index (χ1v) is 7.30. The van der Waals surface area contributed by atoms with Gasteiger partial charge in [0.15, 0.2) is 5.58 Å². The number of aromatic amines is 1. The van der Waals surface area contributed by atoms with Crippen LogP contribution in [0, 0.1) is 0 Å². The van der Waals surface area contributed by atoms with Crippen LogP contribution >= 0.6 is 0 Å². The minimum atomic E-state index is -0.446. The van der Waals surface area contributed by atoms with E-state index in [0.717, 1.165) is 16.6 Å². The molecule has 0 fully saturated rings. The fourth-order valence-electron chi connectivity index (χ4n) is 2.56. The van der Waals surface area contributed by atoms with Gasteiger partial charge in [0.05, 0.1) is 28.8 Å². The molecule has 0 aliphatic rings. The Kier molecular flexibility index (Phi) is 3.08. The molecule has 6 nitrogen and oxygen atoms in total. The molecule has 114 valence electrons. The first-order valence-electron chi connectivity index (χ1n) is 7.30. The maximum atomic E-state index is 11.2. The largest absolute Gasteiger partial charge is 0.417 e. The molecule has 0 bridgehead atoms. The van der Waals surface area contributed by atoms with Gasteiger partial charge >= 0.3 is 5.76 Å². The van der Waals surface area contributed by atoms with E-state index in [1.54, 1.807) is 6.20 Å². The fraction of sp³-hybridized carbons (Fsp3) is 0.118. The van der Waals surface area contributed by atoms with Crippen LogP contribution in [0.25, 0.3) is 22.1 Å². The number of benzene rings is 2. The van der Waals surface area contributed by atoms with Crippen molar-refractivity contribution in [3.8, 4) is 0 Å². The highest BCUT2D eigenvalue weighted by Crippen LogP contribution is 2.22. The van der Waals surface area contributed by atoms with E-state index in [4.69, 9.17) is 4.42 Å². The quantitative estimate of drug-likeness (QED) is 0.607. The van der Waals surface area contributed by atoms with Gasteiger partial charge in [0.1, 0.15) is 5.82 Å². The molecule has 0 radical (unpaired) electrons. The van der Waals surface area contributed by atoms with E-state index >= 15 is 0 Å². The van der Waals surface area contributed by atoms with Crippen LogP contribution in [-0.2, 0) is 0 Å². The lowest BCUT2D eigenvalue weighted by atomic mass is 10.1. The van der Waals surface area contributed by atoms with Crippen molar-refractivity contribution in [2.24, 2.45) is 0 Å². The Hall–Kier alpha value is -3.15. The van der Waals surface area contributed by atoms with Gasteiger partial charge in [-0.2, -0.15) is 0 Å². The van der Waals surface area contributed by atoms with Crippen LogP contribution in [0.5, 0.6) is 0 Å². The van der Waals surface area contributed by atoms with E-state index in [1.807, 2.05) is 49.4 Å². The van der Waals surface area contributed by atoms with Crippen LogP contribution in [0.2, 0.25) is 0 Å². The van der Waals surface area contributed by atoms with E-state index < -0.39 is 5.76 Å². The molecule has 2 aromatic carbocycles. The van der Waals surface area contributed by atoms with E-state index in [0.29, 0.717) is 16.9 Å². The van der Waals surface area contributed by atoms with Crippen molar-refractivity contribution in [1.29, 1.82) is 0 Å². The highest BCUT2D eigenvalue weighted by molar-refractivity contribution is 5.75. The molecule has 1 atom stereocenters. The number of para-hydroxylation sites is 2. The molecule has 6 heteroatoms. The van der Waals surface area contributed by atoms with Gasteiger partial charge in [-0.15, -0.1) is 0 Å². The van der Waals surface area contributed by atoms with Crippen LogP contribution in [0.4, 0.5) is 5.82 Å². The summed E-state index contributed by atoms with van der Waals surface area (Å²) in [6.07, 6.45) is 1.72. The number of hydrogen-bond acceptors (Lipinski definition) is 5. The highest BCUT2D eigenvalue weighted by atomic mass is 16.4. The van der Waals surface area contributed by atoms with E-state index in [1.165, 1.54) is 0 Å². The monoisotopic (exact) mass is 306 g/mol. The first-order chi connectivity index (χ1) is 11.2. The second-order valence-electron chi connectivity index (χ2n) is 5.38. The molecule has 0 aliphatic carbocycles. The lowest BCUT2D eigenvalue weighted by Crippen LogP contribution is -2.08. The number of nitrogens with one attached hydrogen (secondary N) is 2. The summed E-state index contributed by atoms with van der Waals surface area (Å²) in [5.41, 5.74) is 3.94. The Balaban J connectivity index is 1.63. The van der Waals surface area contributed by atoms with E-state index in [2.05, 4.69) is 20.3 Å². The summed E-state index contributed by atoms with van der Waals surface area (Å²) >= 11 is 0. The maximum Gasteiger partial charge on any atom is 0.417 e. The Morgan fingerprint density at radius 2 is 2.00 bits per heavy atom. The number of rotatable bonds is 3.